The van der Waals surface area contributed by atoms with Crippen LogP contribution in [0.1, 0.15) is 18.3 Å². The molecule has 0 saturated carbocycles. The first-order valence-corrected chi connectivity index (χ1v) is 9.21. The number of ether oxygens (including phenoxy) is 1. The minimum absolute atomic E-state index is 0.161. The van der Waals surface area contributed by atoms with Crippen molar-refractivity contribution < 1.29 is 9.13 Å². The molecule has 25 heavy (non-hydrogen) atoms. The van der Waals surface area contributed by atoms with Crippen molar-refractivity contribution in [3.05, 3.63) is 70.8 Å². The fraction of sp³-hybridized carbons (Fsp3) is 0.222. The summed E-state index contributed by atoms with van der Waals surface area (Å²) in [4.78, 5) is 0. The topological polar surface area (TPSA) is 39.9 Å². The highest BCUT2D eigenvalue weighted by atomic mass is 35.5. The Labute approximate surface area is 155 Å². The molecule has 1 heterocycles. The van der Waals surface area contributed by atoms with Crippen LogP contribution in [0.3, 0.4) is 0 Å². The van der Waals surface area contributed by atoms with Gasteiger partial charge in [0.05, 0.1) is 0 Å². The SMILES string of the molecule is CCn1c(COc2ccccc2F)nnc1SCc1ccccc1Cl. The van der Waals surface area contributed by atoms with E-state index in [9.17, 15) is 4.39 Å². The molecule has 2 aromatic carbocycles. The smallest absolute Gasteiger partial charge is 0.191 e. The van der Waals surface area contributed by atoms with Gasteiger partial charge in [-0.1, -0.05) is 53.7 Å². The number of thioether (sulfide) groups is 1. The van der Waals surface area contributed by atoms with Gasteiger partial charge in [0.15, 0.2) is 22.5 Å². The highest BCUT2D eigenvalue weighted by Crippen LogP contribution is 2.26. The van der Waals surface area contributed by atoms with Crippen molar-refractivity contribution in [2.45, 2.75) is 31.0 Å². The average Bonchev–Trinajstić information content (AvgIpc) is 3.02. The van der Waals surface area contributed by atoms with Gasteiger partial charge in [0.1, 0.15) is 6.61 Å². The third-order valence-electron chi connectivity index (χ3n) is 3.62. The zero-order valence-corrected chi connectivity index (χ0v) is 15.2. The predicted octanol–water partition coefficient (Wildman–Crippen LogP) is 4.96. The molecule has 0 atom stereocenters. The normalized spacial score (nSPS) is 10.8. The van der Waals surface area contributed by atoms with Crippen molar-refractivity contribution in [2.75, 3.05) is 0 Å². The number of nitrogens with zero attached hydrogens (tertiary/aromatic N) is 3. The maximum absolute atomic E-state index is 13.6. The van der Waals surface area contributed by atoms with Gasteiger partial charge in [-0.05, 0) is 30.7 Å². The third kappa shape index (κ3) is 4.32. The molecule has 0 amide bonds. The predicted molar refractivity (Wildman–Crippen MR) is 97.4 cm³/mol. The molecule has 130 valence electrons. The van der Waals surface area contributed by atoms with E-state index in [4.69, 9.17) is 16.3 Å². The van der Waals surface area contributed by atoms with Crippen LogP contribution >= 0.6 is 23.4 Å². The van der Waals surface area contributed by atoms with Crippen molar-refractivity contribution in [3.63, 3.8) is 0 Å². The van der Waals surface area contributed by atoms with Crippen molar-refractivity contribution in [1.29, 1.82) is 0 Å². The van der Waals surface area contributed by atoms with Gasteiger partial charge >= 0.3 is 0 Å². The van der Waals surface area contributed by atoms with Crippen molar-refractivity contribution in [2.24, 2.45) is 0 Å². The number of aromatic nitrogens is 3. The first kappa shape index (κ1) is 17.8. The van der Waals surface area contributed by atoms with Crippen LogP contribution < -0.4 is 4.74 Å². The van der Waals surface area contributed by atoms with Gasteiger partial charge in [-0.3, -0.25) is 0 Å². The zero-order valence-electron chi connectivity index (χ0n) is 13.7. The van der Waals surface area contributed by atoms with Crippen LogP contribution in [0, 0.1) is 5.82 Å². The van der Waals surface area contributed by atoms with E-state index < -0.39 is 5.82 Å². The molecule has 0 bridgehead atoms. The van der Waals surface area contributed by atoms with E-state index in [2.05, 4.69) is 10.2 Å². The van der Waals surface area contributed by atoms with Crippen LogP contribution in [0.25, 0.3) is 0 Å². The van der Waals surface area contributed by atoms with Crippen molar-refractivity contribution in [3.8, 4) is 5.75 Å². The maximum atomic E-state index is 13.6. The van der Waals surface area contributed by atoms with Gasteiger partial charge < -0.3 is 9.30 Å². The lowest BCUT2D eigenvalue weighted by atomic mass is 10.2. The van der Waals surface area contributed by atoms with Crippen LogP contribution in [0.15, 0.2) is 53.7 Å². The number of para-hydroxylation sites is 1. The summed E-state index contributed by atoms with van der Waals surface area (Å²) in [6.45, 7) is 2.87. The van der Waals surface area contributed by atoms with Gasteiger partial charge in [0.2, 0.25) is 0 Å². The van der Waals surface area contributed by atoms with Crippen LogP contribution in [0.5, 0.6) is 5.75 Å². The largest absolute Gasteiger partial charge is 0.483 e. The van der Waals surface area contributed by atoms with Gasteiger partial charge in [-0.15, -0.1) is 10.2 Å². The molecule has 0 N–H and O–H groups in total. The summed E-state index contributed by atoms with van der Waals surface area (Å²) >= 11 is 7.75. The molecular weight excluding hydrogens is 361 g/mol. The van der Waals surface area contributed by atoms with Crippen LogP contribution in [-0.4, -0.2) is 14.8 Å². The molecule has 0 unspecified atom stereocenters. The summed E-state index contributed by atoms with van der Waals surface area (Å²) in [6, 6.07) is 14.0. The summed E-state index contributed by atoms with van der Waals surface area (Å²) in [6.07, 6.45) is 0. The lowest BCUT2D eigenvalue weighted by molar-refractivity contribution is 0.274. The first-order chi connectivity index (χ1) is 12.2. The van der Waals surface area contributed by atoms with Gasteiger partial charge in [0.25, 0.3) is 0 Å². The van der Waals surface area contributed by atoms with Crippen LogP contribution in [-0.2, 0) is 18.9 Å². The number of rotatable bonds is 7. The lowest BCUT2D eigenvalue weighted by Crippen LogP contribution is -2.07. The molecule has 3 rings (SSSR count). The second kappa shape index (κ2) is 8.36. The third-order valence-corrected chi connectivity index (χ3v) is 5.00. The Hall–Kier alpha value is -2.05. The maximum Gasteiger partial charge on any atom is 0.191 e. The molecule has 4 nitrogen and oxygen atoms in total. The molecule has 0 aliphatic rings. The number of benzene rings is 2. The Kier molecular flexibility index (Phi) is 5.94. The van der Waals surface area contributed by atoms with Gasteiger partial charge in [-0.25, -0.2) is 4.39 Å². The van der Waals surface area contributed by atoms with E-state index in [0.717, 1.165) is 15.7 Å². The minimum Gasteiger partial charge on any atom is -0.483 e. The molecule has 0 radical (unpaired) electrons. The highest BCUT2D eigenvalue weighted by molar-refractivity contribution is 7.98. The second-order valence-electron chi connectivity index (χ2n) is 5.24. The monoisotopic (exact) mass is 377 g/mol. The standard InChI is InChI=1S/C18H17ClFN3OS/c1-2-23-17(11-24-16-10-6-5-9-15(16)20)21-22-18(23)25-12-13-7-3-4-8-14(13)19/h3-10H,2,11-12H2,1H3. The Bertz CT molecular complexity index is 789. The fourth-order valence-electron chi connectivity index (χ4n) is 2.31. The second-order valence-corrected chi connectivity index (χ2v) is 6.59. The Balaban J connectivity index is 1.68. The summed E-state index contributed by atoms with van der Waals surface area (Å²) in [5, 5.41) is 9.93. The molecule has 0 aliphatic carbocycles. The molecule has 0 spiro atoms. The molecule has 0 saturated heterocycles. The van der Waals surface area contributed by atoms with Crippen molar-refractivity contribution >= 4 is 23.4 Å². The zero-order chi connectivity index (χ0) is 17.6. The van der Waals surface area contributed by atoms with Gasteiger partial charge in [0, 0.05) is 17.3 Å². The number of halogens is 2. The lowest BCUT2D eigenvalue weighted by Gasteiger charge is -2.09. The molecular formula is C18H17ClFN3OS. The first-order valence-electron chi connectivity index (χ1n) is 7.84. The Morgan fingerprint density at radius 3 is 2.64 bits per heavy atom. The van der Waals surface area contributed by atoms with E-state index >= 15 is 0 Å². The summed E-state index contributed by atoms with van der Waals surface area (Å²) in [5.74, 6) is 1.18. The highest BCUT2D eigenvalue weighted by Gasteiger charge is 2.13. The average molecular weight is 378 g/mol. The summed E-state index contributed by atoms with van der Waals surface area (Å²) < 4.78 is 21.1. The van der Waals surface area contributed by atoms with Crippen LogP contribution in [0.2, 0.25) is 5.02 Å². The minimum atomic E-state index is -0.390. The summed E-state index contributed by atoms with van der Waals surface area (Å²) in [5.41, 5.74) is 1.05. The molecule has 3 aromatic rings. The summed E-state index contributed by atoms with van der Waals surface area (Å²) in [7, 11) is 0. The Morgan fingerprint density at radius 2 is 1.88 bits per heavy atom. The van der Waals surface area contributed by atoms with Crippen LogP contribution in [0.4, 0.5) is 4.39 Å². The van der Waals surface area contributed by atoms with Crippen molar-refractivity contribution in [1.82, 2.24) is 14.8 Å². The van der Waals surface area contributed by atoms with E-state index in [1.165, 1.54) is 6.07 Å². The van der Waals surface area contributed by atoms with E-state index in [1.54, 1.807) is 30.0 Å². The van der Waals surface area contributed by atoms with Gasteiger partial charge in [-0.2, -0.15) is 0 Å². The van der Waals surface area contributed by atoms with E-state index in [1.807, 2.05) is 35.8 Å². The number of hydrogen-bond donors (Lipinski definition) is 0. The number of hydrogen-bond acceptors (Lipinski definition) is 4. The van der Waals surface area contributed by atoms with E-state index in [0.29, 0.717) is 18.1 Å². The molecule has 7 heteroatoms. The Morgan fingerprint density at radius 1 is 1.12 bits per heavy atom. The van der Waals surface area contributed by atoms with E-state index in [-0.39, 0.29) is 12.4 Å². The fourth-order valence-corrected chi connectivity index (χ4v) is 3.62. The molecule has 0 fully saturated rings. The molecule has 0 aliphatic heterocycles. The quantitative estimate of drug-likeness (QED) is 0.545. The molecule has 1 aromatic heterocycles.